The molecular weight excluding hydrogens is 320 g/mol. The fourth-order valence-electron chi connectivity index (χ4n) is 2.83. The lowest BCUT2D eigenvalue weighted by Gasteiger charge is -2.10. The highest BCUT2D eigenvalue weighted by atomic mass is 16.4. The summed E-state index contributed by atoms with van der Waals surface area (Å²) in [6, 6.07) is 7.12. The van der Waals surface area contributed by atoms with E-state index in [0.717, 1.165) is 0 Å². The number of rotatable bonds is 8. The van der Waals surface area contributed by atoms with Crippen LogP contribution in [0.2, 0.25) is 0 Å². The molecule has 25 heavy (non-hydrogen) atoms. The number of amides is 1. The molecule has 2 heterocycles. The second kappa shape index (κ2) is 6.77. The van der Waals surface area contributed by atoms with Crippen molar-refractivity contribution in [2.45, 2.75) is 31.5 Å². The molecule has 1 amide bonds. The minimum atomic E-state index is -1.01. The summed E-state index contributed by atoms with van der Waals surface area (Å²) in [5, 5.41) is 20.8. The zero-order valence-electron chi connectivity index (χ0n) is 13.6. The van der Waals surface area contributed by atoms with Gasteiger partial charge < -0.3 is 15.0 Å². The van der Waals surface area contributed by atoms with E-state index in [1.165, 1.54) is 6.20 Å². The van der Waals surface area contributed by atoms with Gasteiger partial charge in [0.1, 0.15) is 6.54 Å². The van der Waals surface area contributed by atoms with Crippen molar-refractivity contribution in [3.8, 4) is 12.3 Å². The summed E-state index contributed by atoms with van der Waals surface area (Å²) < 4.78 is 1.65. The van der Waals surface area contributed by atoms with Crippen LogP contribution in [0.4, 0.5) is 0 Å². The number of carbonyl (C=O) groups is 2. The van der Waals surface area contributed by atoms with E-state index in [-0.39, 0.29) is 18.0 Å². The van der Waals surface area contributed by atoms with Crippen molar-refractivity contribution in [1.29, 1.82) is 0 Å². The minimum absolute atomic E-state index is 0.0550. The predicted molar refractivity (Wildman–Crippen MR) is 92.2 cm³/mol. The summed E-state index contributed by atoms with van der Waals surface area (Å²) in [5.74, 6) is 1.36. The van der Waals surface area contributed by atoms with Crippen LogP contribution in [-0.2, 0) is 11.3 Å². The summed E-state index contributed by atoms with van der Waals surface area (Å²) in [6.45, 7) is 0.501. The number of aromatic carboxylic acids is 1. The number of fused-ring (bicyclic) bond motifs is 1. The third-order valence-corrected chi connectivity index (χ3v) is 4.23. The number of carboxylic acids is 1. The van der Waals surface area contributed by atoms with Gasteiger partial charge in [0.05, 0.1) is 5.56 Å². The largest absolute Gasteiger partial charge is 0.478 e. The molecule has 7 nitrogen and oxygen atoms in total. The van der Waals surface area contributed by atoms with E-state index in [1.807, 2.05) is 6.07 Å². The van der Waals surface area contributed by atoms with Crippen LogP contribution < -0.4 is 5.32 Å². The van der Waals surface area contributed by atoms with E-state index in [4.69, 9.17) is 6.42 Å². The van der Waals surface area contributed by atoms with E-state index < -0.39 is 11.6 Å². The lowest BCUT2D eigenvalue weighted by Crippen LogP contribution is -2.31. The molecule has 0 saturated carbocycles. The molecule has 0 saturated heterocycles. The molecule has 1 aromatic heterocycles. The SMILES string of the molecule is C#CCCC1(CCNC(=O)Cn2cc(C(=O)O)c3ccccc32)N=N1. The van der Waals surface area contributed by atoms with Crippen molar-refractivity contribution >= 4 is 22.8 Å². The summed E-state index contributed by atoms with van der Waals surface area (Å²) in [6.07, 6.45) is 8.66. The van der Waals surface area contributed by atoms with Crippen LogP contribution in [0.15, 0.2) is 40.7 Å². The fourth-order valence-corrected chi connectivity index (χ4v) is 2.83. The lowest BCUT2D eigenvalue weighted by molar-refractivity contribution is -0.121. The van der Waals surface area contributed by atoms with Crippen molar-refractivity contribution in [2.75, 3.05) is 6.54 Å². The Morgan fingerprint density at radius 3 is 2.72 bits per heavy atom. The van der Waals surface area contributed by atoms with Gasteiger partial charge in [0.15, 0.2) is 5.66 Å². The van der Waals surface area contributed by atoms with Gasteiger partial charge in [-0.3, -0.25) is 4.79 Å². The standard InChI is InChI=1S/C18H18N4O3/c1-2-3-8-18(20-21-18)9-10-19-16(23)12-22-11-14(17(24)25)13-6-4-5-7-15(13)22/h1,4-7,11H,3,8-10,12H2,(H,19,23)(H,24,25). The smallest absolute Gasteiger partial charge is 0.337 e. The lowest BCUT2D eigenvalue weighted by atomic mass is 10.0. The molecule has 2 aromatic rings. The Balaban J connectivity index is 1.59. The summed E-state index contributed by atoms with van der Waals surface area (Å²) in [7, 11) is 0. The van der Waals surface area contributed by atoms with Gasteiger partial charge >= 0.3 is 5.97 Å². The number of carboxylic acid groups (broad SMARTS) is 1. The van der Waals surface area contributed by atoms with Crippen molar-refractivity contribution < 1.29 is 14.7 Å². The quantitative estimate of drug-likeness (QED) is 0.724. The van der Waals surface area contributed by atoms with Crippen molar-refractivity contribution in [1.82, 2.24) is 9.88 Å². The van der Waals surface area contributed by atoms with E-state index >= 15 is 0 Å². The zero-order valence-corrected chi connectivity index (χ0v) is 13.6. The van der Waals surface area contributed by atoms with Gasteiger partial charge in [-0.2, -0.15) is 10.2 Å². The number of aromatic nitrogens is 1. The molecule has 0 fully saturated rings. The van der Waals surface area contributed by atoms with E-state index in [9.17, 15) is 14.7 Å². The number of para-hydroxylation sites is 1. The third-order valence-electron chi connectivity index (χ3n) is 4.23. The molecule has 7 heteroatoms. The van der Waals surface area contributed by atoms with Gasteiger partial charge in [0.2, 0.25) is 5.91 Å². The van der Waals surface area contributed by atoms with Crippen LogP contribution in [-0.4, -0.2) is 33.8 Å². The maximum absolute atomic E-state index is 12.2. The highest BCUT2D eigenvalue weighted by molar-refractivity contribution is 6.03. The first-order chi connectivity index (χ1) is 12.0. The van der Waals surface area contributed by atoms with Crippen LogP contribution in [0.25, 0.3) is 10.9 Å². The van der Waals surface area contributed by atoms with Crippen molar-refractivity contribution in [2.24, 2.45) is 10.2 Å². The first kappa shape index (κ1) is 16.7. The Bertz CT molecular complexity index is 885. The molecule has 0 aliphatic carbocycles. The first-order valence-electron chi connectivity index (χ1n) is 8.00. The molecule has 0 spiro atoms. The molecule has 0 atom stereocenters. The predicted octanol–water partition coefficient (Wildman–Crippen LogP) is 2.42. The Morgan fingerprint density at radius 2 is 2.04 bits per heavy atom. The number of benzene rings is 1. The van der Waals surface area contributed by atoms with Gasteiger partial charge in [0, 0.05) is 42.9 Å². The van der Waals surface area contributed by atoms with Gasteiger partial charge in [-0.15, -0.1) is 12.3 Å². The molecule has 1 aromatic carbocycles. The summed E-state index contributed by atoms with van der Waals surface area (Å²) >= 11 is 0. The maximum Gasteiger partial charge on any atom is 0.337 e. The average Bonchev–Trinajstić information content (AvgIpc) is 3.27. The van der Waals surface area contributed by atoms with E-state index in [0.29, 0.717) is 36.7 Å². The van der Waals surface area contributed by atoms with E-state index in [1.54, 1.807) is 22.8 Å². The van der Waals surface area contributed by atoms with Crippen molar-refractivity contribution in [3.63, 3.8) is 0 Å². The molecule has 1 aliphatic rings. The normalized spacial score (nSPS) is 14.2. The topological polar surface area (TPSA) is 96.0 Å². The molecule has 1 aliphatic heterocycles. The Hall–Kier alpha value is -3.14. The van der Waals surface area contributed by atoms with E-state index in [2.05, 4.69) is 21.5 Å². The van der Waals surface area contributed by atoms with Gasteiger partial charge in [-0.05, 0) is 6.07 Å². The van der Waals surface area contributed by atoms with Gasteiger partial charge in [-0.25, -0.2) is 4.79 Å². The number of nitrogens with one attached hydrogen (secondary N) is 1. The minimum Gasteiger partial charge on any atom is -0.478 e. The number of hydrogen-bond acceptors (Lipinski definition) is 4. The summed E-state index contributed by atoms with van der Waals surface area (Å²) in [5.41, 5.74) is 0.482. The number of hydrogen-bond donors (Lipinski definition) is 2. The van der Waals surface area contributed by atoms with Crippen LogP contribution in [0, 0.1) is 12.3 Å². The molecule has 3 rings (SSSR count). The number of terminal acetylenes is 1. The number of nitrogens with zero attached hydrogens (tertiary/aromatic N) is 3. The molecule has 0 bridgehead atoms. The van der Waals surface area contributed by atoms with Crippen LogP contribution in [0.5, 0.6) is 0 Å². The maximum atomic E-state index is 12.2. The molecule has 0 unspecified atom stereocenters. The van der Waals surface area contributed by atoms with Gasteiger partial charge in [0.25, 0.3) is 0 Å². The number of carbonyl (C=O) groups excluding carboxylic acids is 1. The molecular formula is C18H18N4O3. The highest BCUT2D eigenvalue weighted by Crippen LogP contribution is 2.36. The summed E-state index contributed by atoms with van der Waals surface area (Å²) in [4.78, 5) is 23.5. The van der Waals surface area contributed by atoms with Crippen LogP contribution >= 0.6 is 0 Å². The van der Waals surface area contributed by atoms with Crippen molar-refractivity contribution in [3.05, 3.63) is 36.0 Å². The Morgan fingerprint density at radius 1 is 1.28 bits per heavy atom. The second-order valence-corrected chi connectivity index (χ2v) is 5.98. The average molecular weight is 338 g/mol. The molecule has 2 N–H and O–H groups in total. The second-order valence-electron chi connectivity index (χ2n) is 5.98. The fraction of sp³-hybridized carbons (Fsp3) is 0.333. The van der Waals surface area contributed by atoms with Gasteiger partial charge in [-0.1, -0.05) is 18.2 Å². The highest BCUT2D eigenvalue weighted by Gasteiger charge is 2.38. The Kier molecular flexibility index (Phi) is 4.52. The van der Waals surface area contributed by atoms with Crippen LogP contribution in [0.3, 0.4) is 0 Å². The molecule has 128 valence electrons. The monoisotopic (exact) mass is 338 g/mol. The third kappa shape index (κ3) is 3.69. The first-order valence-corrected chi connectivity index (χ1v) is 8.00. The van der Waals surface area contributed by atoms with Crippen LogP contribution in [0.1, 0.15) is 29.6 Å². The Labute approximate surface area is 144 Å². The zero-order chi connectivity index (χ0) is 17.9. The molecule has 0 radical (unpaired) electrons.